The number of H-pyrrole nitrogens is 1. The maximum absolute atomic E-state index is 11.9. The molecular formula is C13H24N4O2S. The Morgan fingerprint density at radius 3 is 2.65 bits per heavy atom. The summed E-state index contributed by atoms with van der Waals surface area (Å²) in [5, 5.41) is 7.28. The first-order chi connectivity index (χ1) is 9.33. The van der Waals surface area contributed by atoms with Gasteiger partial charge in [-0.2, -0.15) is 5.10 Å². The molecule has 0 amide bonds. The van der Waals surface area contributed by atoms with E-state index in [-0.39, 0.29) is 5.75 Å². The molecule has 0 spiro atoms. The molecule has 1 saturated heterocycles. The second-order valence-corrected chi connectivity index (χ2v) is 7.94. The summed E-state index contributed by atoms with van der Waals surface area (Å²) in [4.78, 5) is 2.27. The fourth-order valence-electron chi connectivity index (χ4n) is 2.89. The Bertz CT molecular complexity index is 545. The second-order valence-electron chi connectivity index (χ2n) is 5.64. The van der Waals surface area contributed by atoms with Crippen molar-refractivity contribution in [2.75, 3.05) is 32.9 Å². The van der Waals surface area contributed by atoms with Crippen molar-refractivity contribution in [2.24, 2.45) is 0 Å². The largest absolute Gasteiger partial charge is 0.295 e. The predicted octanol–water partition coefficient (Wildman–Crippen LogP) is 1.05. The Kier molecular flexibility index (Phi) is 4.51. The van der Waals surface area contributed by atoms with Gasteiger partial charge in [-0.05, 0) is 33.2 Å². The van der Waals surface area contributed by atoms with Crippen molar-refractivity contribution in [3.63, 3.8) is 0 Å². The molecule has 0 radical (unpaired) electrons. The Labute approximate surface area is 121 Å². The smallest absolute Gasteiger partial charge is 0.214 e. The van der Waals surface area contributed by atoms with E-state index in [1.54, 1.807) is 14.1 Å². The van der Waals surface area contributed by atoms with E-state index in [2.05, 4.69) is 15.1 Å². The van der Waals surface area contributed by atoms with E-state index in [0.29, 0.717) is 12.6 Å². The Balaban J connectivity index is 2.09. The molecule has 0 saturated carbocycles. The van der Waals surface area contributed by atoms with Crippen LogP contribution in [0.3, 0.4) is 0 Å². The highest BCUT2D eigenvalue weighted by Crippen LogP contribution is 2.34. The third kappa shape index (κ3) is 3.05. The average Bonchev–Trinajstić information content (AvgIpc) is 2.93. The molecule has 20 heavy (non-hydrogen) atoms. The third-order valence-electron chi connectivity index (χ3n) is 4.07. The number of hydrogen-bond donors (Lipinski definition) is 1. The molecule has 0 aromatic carbocycles. The van der Waals surface area contributed by atoms with Gasteiger partial charge in [0.15, 0.2) is 0 Å². The first kappa shape index (κ1) is 15.5. The molecule has 2 heterocycles. The monoisotopic (exact) mass is 300 g/mol. The summed E-state index contributed by atoms with van der Waals surface area (Å²) in [7, 11) is 0.0391. The molecule has 1 aliphatic heterocycles. The zero-order chi connectivity index (χ0) is 14.9. The molecule has 1 unspecified atom stereocenters. The van der Waals surface area contributed by atoms with Gasteiger partial charge in [0.25, 0.3) is 0 Å². The zero-order valence-corrected chi connectivity index (χ0v) is 13.5. The predicted molar refractivity (Wildman–Crippen MR) is 79.1 cm³/mol. The first-order valence-corrected chi connectivity index (χ1v) is 8.59. The van der Waals surface area contributed by atoms with Crippen LogP contribution >= 0.6 is 0 Å². The summed E-state index contributed by atoms with van der Waals surface area (Å²) < 4.78 is 25.1. The van der Waals surface area contributed by atoms with E-state index in [4.69, 9.17) is 0 Å². The van der Waals surface area contributed by atoms with Crippen LogP contribution in [0.15, 0.2) is 0 Å². The third-order valence-corrected chi connectivity index (χ3v) is 5.89. The number of sulfonamides is 1. The SMILES string of the molecule is Cc1n[nH]c(C)c1C1CCCN1CCS(=O)(=O)N(C)C. The van der Waals surface area contributed by atoms with E-state index < -0.39 is 10.0 Å². The molecule has 1 atom stereocenters. The lowest BCUT2D eigenvalue weighted by atomic mass is 10.0. The van der Waals surface area contributed by atoms with Gasteiger partial charge in [0.1, 0.15) is 0 Å². The minimum Gasteiger partial charge on any atom is -0.295 e. The maximum Gasteiger partial charge on any atom is 0.214 e. The van der Waals surface area contributed by atoms with Crippen molar-refractivity contribution in [3.05, 3.63) is 17.0 Å². The number of aromatic nitrogens is 2. The van der Waals surface area contributed by atoms with Crippen molar-refractivity contribution in [1.82, 2.24) is 19.4 Å². The molecule has 6 nitrogen and oxygen atoms in total. The molecule has 1 aromatic heterocycles. The van der Waals surface area contributed by atoms with Crippen molar-refractivity contribution >= 4 is 10.0 Å². The summed E-state index contributed by atoms with van der Waals surface area (Å²) in [5.41, 5.74) is 3.36. The minimum atomic E-state index is -3.13. The van der Waals surface area contributed by atoms with Crippen LogP contribution in [-0.2, 0) is 10.0 Å². The molecule has 0 aliphatic carbocycles. The van der Waals surface area contributed by atoms with Gasteiger partial charge in [0.2, 0.25) is 10.0 Å². The standard InChI is InChI=1S/C13H24N4O2S/c1-10-13(11(2)15-14-10)12-6-5-7-17(12)8-9-20(18,19)16(3)4/h12H,5-9H2,1-4H3,(H,14,15). The van der Waals surface area contributed by atoms with Crippen LogP contribution in [0, 0.1) is 13.8 Å². The lowest BCUT2D eigenvalue weighted by Gasteiger charge is -2.25. The summed E-state index contributed by atoms with van der Waals surface area (Å²) in [6.07, 6.45) is 2.18. The summed E-state index contributed by atoms with van der Waals surface area (Å²) in [5.74, 6) is 0.173. The zero-order valence-electron chi connectivity index (χ0n) is 12.7. The number of nitrogens with one attached hydrogen (secondary N) is 1. The topological polar surface area (TPSA) is 69.3 Å². The van der Waals surface area contributed by atoms with Crippen LogP contribution in [0.1, 0.15) is 35.8 Å². The Morgan fingerprint density at radius 2 is 2.10 bits per heavy atom. The van der Waals surface area contributed by atoms with Gasteiger partial charge in [-0.25, -0.2) is 12.7 Å². The normalized spacial score (nSPS) is 20.9. The van der Waals surface area contributed by atoms with Gasteiger partial charge in [0, 0.05) is 37.9 Å². The van der Waals surface area contributed by atoms with E-state index in [0.717, 1.165) is 30.8 Å². The van der Waals surface area contributed by atoms with Gasteiger partial charge < -0.3 is 0 Å². The summed E-state index contributed by atoms with van der Waals surface area (Å²) in [6, 6.07) is 0.297. The summed E-state index contributed by atoms with van der Waals surface area (Å²) >= 11 is 0. The van der Waals surface area contributed by atoms with Gasteiger partial charge >= 0.3 is 0 Å². The van der Waals surface area contributed by atoms with Crippen LogP contribution in [0.2, 0.25) is 0 Å². The van der Waals surface area contributed by atoms with Crippen molar-refractivity contribution in [1.29, 1.82) is 0 Å². The number of likely N-dealkylation sites (tertiary alicyclic amines) is 1. The molecule has 1 aromatic rings. The number of aromatic amines is 1. The van der Waals surface area contributed by atoms with Gasteiger partial charge in [-0.1, -0.05) is 0 Å². The van der Waals surface area contributed by atoms with Crippen LogP contribution in [-0.4, -0.2) is 60.8 Å². The van der Waals surface area contributed by atoms with Crippen molar-refractivity contribution in [3.8, 4) is 0 Å². The molecule has 114 valence electrons. The maximum atomic E-state index is 11.9. The van der Waals surface area contributed by atoms with E-state index >= 15 is 0 Å². The number of aryl methyl sites for hydroxylation is 2. The molecule has 2 rings (SSSR count). The fourth-order valence-corrected chi connectivity index (χ4v) is 3.72. The Morgan fingerprint density at radius 1 is 1.40 bits per heavy atom. The van der Waals surface area contributed by atoms with Crippen molar-refractivity contribution < 1.29 is 8.42 Å². The lowest BCUT2D eigenvalue weighted by molar-refractivity contribution is 0.270. The van der Waals surface area contributed by atoms with Crippen molar-refractivity contribution in [2.45, 2.75) is 32.7 Å². The van der Waals surface area contributed by atoms with Crippen LogP contribution < -0.4 is 0 Å². The van der Waals surface area contributed by atoms with E-state index in [1.807, 2.05) is 13.8 Å². The van der Waals surface area contributed by atoms with Gasteiger partial charge in [0.05, 0.1) is 11.4 Å². The van der Waals surface area contributed by atoms with Crippen LogP contribution in [0.4, 0.5) is 0 Å². The fraction of sp³-hybridized carbons (Fsp3) is 0.769. The molecule has 1 N–H and O–H groups in total. The van der Waals surface area contributed by atoms with Gasteiger partial charge in [-0.15, -0.1) is 0 Å². The van der Waals surface area contributed by atoms with E-state index in [1.165, 1.54) is 9.87 Å². The highest BCUT2D eigenvalue weighted by Gasteiger charge is 2.30. The Hall–Kier alpha value is -0.920. The van der Waals surface area contributed by atoms with E-state index in [9.17, 15) is 8.42 Å². The van der Waals surface area contributed by atoms with Gasteiger partial charge in [-0.3, -0.25) is 10.00 Å². The van der Waals surface area contributed by atoms with Crippen LogP contribution in [0.5, 0.6) is 0 Å². The highest BCUT2D eigenvalue weighted by atomic mass is 32.2. The molecular weight excluding hydrogens is 276 g/mol. The minimum absolute atomic E-state index is 0.173. The second kappa shape index (κ2) is 5.83. The summed E-state index contributed by atoms with van der Waals surface area (Å²) in [6.45, 7) is 5.57. The molecule has 1 aliphatic rings. The molecule has 7 heteroatoms. The highest BCUT2D eigenvalue weighted by molar-refractivity contribution is 7.89. The molecule has 0 bridgehead atoms. The number of nitrogens with zero attached hydrogens (tertiary/aromatic N) is 3. The average molecular weight is 300 g/mol. The lowest BCUT2D eigenvalue weighted by Crippen LogP contribution is -2.34. The quantitative estimate of drug-likeness (QED) is 0.882. The number of hydrogen-bond acceptors (Lipinski definition) is 4. The number of rotatable bonds is 5. The first-order valence-electron chi connectivity index (χ1n) is 6.98. The van der Waals surface area contributed by atoms with Crippen LogP contribution in [0.25, 0.3) is 0 Å². The molecule has 1 fully saturated rings.